The van der Waals surface area contributed by atoms with Gasteiger partial charge < -0.3 is 16.0 Å². The molecule has 2 aromatic heterocycles. The first kappa shape index (κ1) is 15.2. The maximum atomic E-state index is 12.6. The van der Waals surface area contributed by atoms with Gasteiger partial charge in [-0.25, -0.2) is 0 Å². The molecule has 112 valence electrons. The number of amides is 2. The lowest BCUT2D eigenvalue weighted by molar-refractivity contribution is -0.121. The zero-order chi connectivity index (χ0) is 15.4. The van der Waals surface area contributed by atoms with Gasteiger partial charge in [-0.15, -0.1) is 16.4 Å². The largest absolute Gasteiger partial charge is 0.397 e. The van der Waals surface area contributed by atoms with E-state index in [-0.39, 0.29) is 18.4 Å². The summed E-state index contributed by atoms with van der Waals surface area (Å²) in [6, 6.07) is 1.73. The van der Waals surface area contributed by atoms with E-state index in [9.17, 15) is 9.59 Å². The second-order valence-electron chi connectivity index (χ2n) is 4.49. The molecule has 0 aliphatic rings. The van der Waals surface area contributed by atoms with Gasteiger partial charge in [-0.05, 0) is 12.5 Å². The number of carbonyl (C=O) groups is 2. The Kier molecular flexibility index (Phi) is 4.69. The van der Waals surface area contributed by atoms with Gasteiger partial charge in [0.2, 0.25) is 5.91 Å². The predicted octanol–water partition coefficient (Wildman–Crippen LogP) is 0.872. The van der Waals surface area contributed by atoms with E-state index in [1.807, 2.05) is 6.92 Å². The second kappa shape index (κ2) is 6.49. The average molecular weight is 307 g/mol. The summed E-state index contributed by atoms with van der Waals surface area (Å²) in [7, 11) is 1.54. The van der Waals surface area contributed by atoms with Gasteiger partial charge in [0.15, 0.2) is 0 Å². The summed E-state index contributed by atoms with van der Waals surface area (Å²) in [6.07, 6.45) is 2.29. The fourth-order valence-corrected chi connectivity index (χ4v) is 2.96. The van der Waals surface area contributed by atoms with Gasteiger partial charge in [-0.1, -0.05) is 6.92 Å². The van der Waals surface area contributed by atoms with E-state index in [2.05, 4.69) is 15.5 Å². The van der Waals surface area contributed by atoms with Crippen LogP contribution in [0.4, 0.5) is 5.69 Å². The maximum Gasteiger partial charge on any atom is 0.266 e. The fourth-order valence-electron chi connectivity index (χ4n) is 1.95. The topological polar surface area (TPSA) is 101 Å². The molecule has 2 heterocycles. The third-order valence-electron chi connectivity index (χ3n) is 3.01. The van der Waals surface area contributed by atoms with E-state index in [1.165, 1.54) is 22.4 Å². The number of nitrogen functional groups attached to an aromatic ring is 1. The van der Waals surface area contributed by atoms with Crippen LogP contribution in [-0.4, -0.2) is 47.0 Å². The zero-order valence-corrected chi connectivity index (χ0v) is 12.7. The van der Waals surface area contributed by atoms with Gasteiger partial charge in [-0.2, -0.15) is 5.10 Å². The van der Waals surface area contributed by atoms with Crippen molar-refractivity contribution in [3.8, 4) is 0 Å². The minimum Gasteiger partial charge on any atom is -0.397 e. The number of thiophene rings is 1. The van der Waals surface area contributed by atoms with Crippen molar-refractivity contribution in [3.05, 3.63) is 17.1 Å². The van der Waals surface area contributed by atoms with Crippen molar-refractivity contribution in [2.45, 2.75) is 13.3 Å². The molecule has 0 fully saturated rings. The summed E-state index contributed by atoms with van der Waals surface area (Å²) in [5, 5.41) is 11.0. The van der Waals surface area contributed by atoms with Crippen LogP contribution in [0.2, 0.25) is 0 Å². The molecule has 7 nitrogen and oxygen atoms in total. The quantitative estimate of drug-likeness (QED) is 0.853. The number of rotatable bonds is 5. The number of hydrogen-bond donors (Lipinski definition) is 2. The molecule has 2 rings (SSSR count). The molecule has 0 aromatic carbocycles. The molecule has 0 radical (unpaired) electrons. The van der Waals surface area contributed by atoms with E-state index in [1.54, 1.807) is 13.1 Å². The highest BCUT2D eigenvalue weighted by Crippen LogP contribution is 2.32. The molecular weight excluding hydrogens is 290 g/mol. The molecule has 2 aromatic rings. The maximum absolute atomic E-state index is 12.6. The Morgan fingerprint density at radius 2 is 2.24 bits per heavy atom. The summed E-state index contributed by atoms with van der Waals surface area (Å²) < 4.78 is 0. The van der Waals surface area contributed by atoms with Crippen molar-refractivity contribution in [1.29, 1.82) is 0 Å². The lowest BCUT2D eigenvalue weighted by Gasteiger charge is -2.20. The highest BCUT2D eigenvalue weighted by molar-refractivity contribution is 7.21. The van der Waals surface area contributed by atoms with Gasteiger partial charge in [0.25, 0.3) is 5.91 Å². The molecule has 2 amide bonds. The van der Waals surface area contributed by atoms with Crippen molar-refractivity contribution >= 4 is 39.1 Å². The Morgan fingerprint density at radius 3 is 2.86 bits per heavy atom. The summed E-state index contributed by atoms with van der Waals surface area (Å²) >= 11 is 1.20. The van der Waals surface area contributed by atoms with Crippen LogP contribution in [0.3, 0.4) is 0 Å². The Bertz CT molecular complexity index is 670. The van der Waals surface area contributed by atoms with E-state index >= 15 is 0 Å². The minimum atomic E-state index is -0.249. The minimum absolute atomic E-state index is 0.0164. The molecule has 3 N–H and O–H groups in total. The fraction of sp³-hybridized carbons (Fsp3) is 0.385. The Balaban J connectivity index is 2.34. The Hall–Kier alpha value is -2.22. The van der Waals surface area contributed by atoms with Crippen LogP contribution in [-0.2, 0) is 4.79 Å². The molecular formula is C13H17N5O2S. The van der Waals surface area contributed by atoms with Crippen LogP contribution in [0.15, 0.2) is 12.3 Å². The molecule has 0 saturated carbocycles. The van der Waals surface area contributed by atoms with E-state index < -0.39 is 0 Å². The Labute approximate surface area is 126 Å². The summed E-state index contributed by atoms with van der Waals surface area (Å²) in [4.78, 5) is 26.7. The van der Waals surface area contributed by atoms with Crippen LogP contribution >= 0.6 is 11.3 Å². The average Bonchev–Trinajstić information content (AvgIpc) is 2.83. The number of nitrogens with one attached hydrogen (secondary N) is 1. The summed E-state index contributed by atoms with van der Waals surface area (Å²) in [5.41, 5.74) is 6.43. The SMILES string of the molecule is CCCN(CC(=O)NC)C(=O)c1sc2nnccc2c1N. The van der Waals surface area contributed by atoms with Gasteiger partial charge in [0.1, 0.15) is 9.71 Å². The standard InChI is InChI=1S/C13H17N5O2S/c1-3-6-18(7-9(19)15-2)13(20)11-10(14)8-4-5-16-17-12(8)21-11/h4-5H,3,6-7,14H2,1-2H3,(H,15,19). The second-order valence-corrected chi connectivity index (χ2v) is 5.49. The lowest BCUT2D eigenvalue weighted by atomic mass is 10.2. The van der Waals surface area contributed by atoms with Crippen molar-refractivity contribution in [3.63, 3.8) is 0 Å². The van der Waals surface area contributed by atoms with Crippen LogP contribution in [0.1, 0.15) is 23.0 Å². The highest BCUT2D eigenvalue weighted by Gasteiger charge is 2.23. The number of aromatic nitrogens is 2. The zero-order valence-electron chi connectivity index (χ0n) is 11.9. The predicted molar refractivity (Wildman–Crippen MR) is 82.1 cm³/mol. The molecule has 0 atom stereocenters. The van der Waals surface area contributed by atoms with E-state index in [0.29, 0.717) is 21.9 Å². The molecule has 0 saturated heterocycles. The van der Waals surface area contributed by atoms with Gasteiger partial charge in [-0.3, -0.25) is 9.59 Å². The van der Waals surface area contributed by atoms with Crippen LogP contribution in [0.25, 0.3) is 10.2 Å². The number of carbonyl (C=O) groups excluding carboxylic acids is 2. The number of nitrogens with two attached hydrogens (primary N) is 1. The number of hydrogen-bond acceptors (Lipinski definition) is 6. The number of likely N-dealkylation sites (N-methyl/N-ethyl adjacent to an activating group) is 1. The van der Waals surface area contributed by atoms with E-state index in [4.69, 9.17) is 5.73 Å². The van der Waals surface area contributed by atoms with Gasteiger partial charge in [0.05, 0.1) is 18.4 Å². The van der Waals surface area contributed by atoms with Crippen molar-refractivity contribution in [2.24, 2.45) is 0 Å². The molecule has 0 bridgehead atoms. The van der Waals surface area contributed by atoms with Crippen molar-refractivity contribution in [1.82, 2.24) is 20.4 Å². The molecule has 0 unspecified atom stereocenters. The number of anilines is 1. The molecule has 0 aliphatic carbocycles. The highest BCUT2D eigenvalue weighted by atomic mass is 32.1. The molecule has 0 aliphatic heterocycles. The van der Waals surface area contributed by atoms with E-state index in [0.717, 1.165) is 11.8 Å². The smallest absolute Gasteiger partial charge is 0.266 e. The third-order valence-corrected chi connectivity index (χ3v) is 4.10. The van der Waals surface area contributed by atoms with Gasteiger partial charge in [0, 0.05) is 19.0 Å². The van der Waals surface area contributed by atoms with Crippen LogP contribution < -0.4 is 11.1 Å². The number of fused-ring (bicyclic) bond motifs is 1. The summed E-state index contributed by atoms with van der Waals surface area (Å²) in [6.45, 7) is 2.46. The van der Waals surface area contributed by atoms with Crippen LogP contribution in [0.5, 0.6) is 0 Å². The first-order valence-corrected chi connectivity index (χ1v) is 7.39. The number of nitrogens with zero attached hydrogens (tertiary/aromatic N) is 3. The van der Waals surface area contributed by atoms with Crippen molar-refractivity contribution < 1.29 is 9.59 Å². The first-order chi connectivity index (χ1) is 10.1. The normalized spacial score (nSPS) is 10.6. The Morgan fingerprint density at radius 1 is 1.48 bits per heavy atom. The third kappa shape index (κ3) is 3.10. The van der Waals surface area contributed by atoms with Crippen LogP contribution in [0, 0.1) is 0 Å². The molecule has 0 spiro atoms. The van der Waals surface area contributed by atoms with Gasteiger partial charge >= 0.3 is 0 Å². The van der Waals surface area contributed by atoms with Crippen molar-refractivity contribution in [2.75, 3.05) is 25.9 Å². The monoisotopic (exact) mass is 307 g/mol. The molecule has 21 heavy (non-hydrogen) atoms. The molecule has 8 heteroatoms. The first-order valence-electron chi connectivity index (χ1n) is 6.58. The lowest BCUT2D eigenvalue weighted by Crippen LogP contribution is -2.40. The summed E-state index contributed by atoms with van der Waals surface area (Å²) in [5.74, 6) is -0.461.